The fourth-order valence-corrected chi connectivity index (χ4v) is 6.80. The number of ether oxygens (including phenoxy) is 10. The quantitative estimate of drug-likeness (QED) is 0.0440. The number of hydrogen-bond donors (Lipinski definition) is 4. The molecule has 64 heavy (non-hydrogen) atoms. The van der Waals surface area contributed by atoms with Crippen molar-refractivity contribution in [1.82, 2.24) is 26.2 Å². The van der Waals surface area contributed by atoms with Crippen LogP contribution in [0.3, 0.4) is 0 Å². The summed E-state index contributed by atoms with van der Waals surface area (Å²) in [5.41, 5.74) is 0. The molecule has 2 heterocycles. The summed E-state index contributed by atoms with van der Waals surface area (Å²) in [7, 11) is 0. The Morgan fingerprint density at radius 3 is 1.16 bits per heavy atom. The highest BCUT2D eigenvalue weighted by atomic mass is 32.1. The maximum Gasteiger partial charge on any atom is 0.303 e. The zero-order chi connectivity index (χ0) is 48.1. The molecule has 27 heteroatoms. The van der Waals surface area contributed by atoms with Gasteiger partial charge in [0.05, 0.1) is 11.7 Å². The first-order chi connectivity index (χ1) is 30.1. The van der Waals surface area contributed by atoms with E-state index in [1.165, 1.54) is 0 Å². The highest BCUT2D eigenvalue weighted by Crippen LogP contribution is 2.30. The summed E-state index contributed by atoms with van der Waals surface area (Å²) in [4.78, 5) is 102. The molecule has 0 aromatic rings. The molecular weight excluding hydrogens is 913 g/mol. The fraction of sp³-hybridized carbons (Fsp3) is 0.703. The van der Waals surface area contributed by atoms with Gasteiger partial charge in [-0.3, -0.25) is 43.3 Å². The Balaban J connectivity index is 2.19. The Bertz CT molecular complexity index is 1640. The van der Waals surface area contributed by atoms with E-state index in [-0.39, 0.29) is 29.9 Å². The molecule has 0 saturated carbocycles. The monoisotopic (exact) mass is 966 g/mol. The van der Waals surface area contributed by atoms with Crippen molar-refractivity contribution >= 4 is 99.8 Å². The van der Waals surface area contributed by atoms with Gasteiger partial charge in [-0.05, 0) is 36.7 Å². The lowest BCUT2D eigenvalue weighted by atomic mass is 9.97. The number of nitrogens with one attached hydrogen (secondary N) is 4. The van der Waals surface area contributed by atoms with E-state index in [2.05, 4.69) is 31.4 Å². The molecule has 0 aliphatic carbocycles. The van der Waals surface area contributed by atoms with Crippen molar-refractivity contribution < 1.29 is 85.7 Å². The minimum absolute atomic E-state index is 0.00564. The molecule has 0 spiro atoms. The fourth-order valence-electron chi connectivity index (χ4n) is 6.28. The summed E-state index contributed by atoms with van der Waals surface area (Å²) in [6, 6.07) is 0. The number of aliphatic imine (C=N–C) groups is 1. The lowest BCUT2D eigenvalue weighted by Crippen LogP contribution is -2.67. The molecular formula is C37H54N6O18S3. The summed E-state index contributed by atoms with van der Waals surface area (Å²) in [6.07, 6.45) is -13.3. The minimum atomic E-state index is -1.41. The van der Waals surface area contributed by atoms with E-state index in [0.717, 1.165) is 55.4 Å². The summed E-state index contributed by atoms with van der Waals surface area (Å²) in [6.45, 7) is 9.90. The number of carbonyl (C=O) groups is 8. The molecule has 0 radical (unpaired) electrons. The molecule has 0 amide bonds. The molecule has 0 aromatic heterocycles. The van der Waals surface area contributed by atoms with Crippen LogP contribution in [0.25, 0.3) is 0 Å². The second-order valence-electron chi connectivity index (χ2n) is 13.9. The molecule has 2 saturated heterocycles. The van der Waals surface area contributed by atoms with Crippen molar-refractivity contribution in [3.05, 3.63) is 0 Å². The summed E-state index contributed by atoms with van der Waals surface area (Å²) < 4.78 is 54.9. The topological polar surface area (TPSA) is 293 Å². The zero-order valence-electron chi connectivity index (χ0n) is 36.4. The van der Waals surface area contributed by atoms with Crippen LogP contribution in [0.4, 0.5) is 0 Å². The van der Waals surface area contributed by atoms with Gasteiger partial charge in [0.1, 0.15) is 25.4 Å². The molecule has 24 nitrogen and oxygen atoms in total. The maximum atomic E-state index is 12.2. The van der Waals surface area contributed by atoms with Gasteiger partial charge in [-0.1, -0.05) is 0 Å². The van der Waals surface area contributed by atoms with Gasteiger partial charge in [0.15, 0.2) is 59.3 Å². The number of esters is 8. The Morgan fingerprint density at radius 2 is 0.844 bits per heavy atom. The summed E-state index contributed by atoms with van der Waals surface area (Å²) >= 11 is 15.8. The average molecular weight is 967 g/mol. The van der Waals surface area contributed by atoms with E-state index in [4.69, 9.17) is 84.0 Å². The Labute approximate surface area is 384 Å². The number of nitrogens with zero attached hydrogens (tertiary/aromatic N) is 2. The van der Waals surface area contributed by atoms with E-state index in [1.54, 1.807) is 0 Å². The molecule has 2 fully saturated rings. The van der Waals surface area contributed by atoms with Crippen molar-refractivity contribution in [2.75, 3.05) is 52.5 Å². The lowest BCUT2D eigenvalue weighted by molar-refractivity contribution is -0.255. The molecule has 0 unspecified atom stereocenters. The molecule has 0 bridgehead atoms. The van der Waals surface area contributed by atoms with Crippen LogP contribution < -0.4 is 21.3 Å². The molecule has 10 atom stereocenters. The SMILES string of the molecule is CC(=O)OC[C@H]1O[C@H](NC(=S)NCCN(CCN=C=S)CCNC(=S)N[C@H]2O[C@H](COC(C)=O)[C@@H](OC(C)=O)[C@H](OC(C)=O)[C@@H]2OC(C)=O)[C@@H](OC(C)=O)[C@@H](OC(C)=O)[C@@H]1OC(C)=O. The van der Waals surface area contributed by atoms with Gasteiger partial charge in [0, 0.05) is 88.1 Å². The van der Waals surface area contributed by atoms with E-state index in [1.807, 2.05) is 4.90 Å². The number of thiocarbonyl (C=S) groups is 3. The Kier molecular flexibility index (Phi) is 23.9. The van der Waals surface area contributed by atoms with Crippen LogP contribution in [-0.2, 0) is 85.7 Å². The first-order valence-electron chi connectivity index (χ1n) is 19.6. The smallest absolute Gasteiger partial charge is 0.303 e. The molecule has 2 rings (SSSR count). The predicted molar refractivity (Wildman–Crippen MR) is 228 cm³/mol. The zero-order valence-corrected chi connectivity index (χ0v) is 38.8. The van der Waals surface area contributed by atoms with Gasteiger partial charge < -0.3 is 68.6 Å². The highest BCUT2D eigenvalue weighted by molar-refractivity contribution is 7.80. The first kappa shape index (κ1) is 55.0. The molecule has 2 aliphatic rings. The third kappa shape index (κ3) is 20.1. The number of hydrogen-bond acceptors (Lipinski definition) is 23. The normalized spacial score (nSPS) is 24.8. The summed E-state index contributed by atoms with van der Waals surface area (Å²) in [5.74, 6) is -6.06. The van der Waals surface area contributed by atoms with Crippen molar-refractivity contribution in [2.24, 2.45) is 4.99 Å². The number of rotatable bonds is 21. The average Bonchev–Trinajstić information content (AvgIpc) is 3.16. The van der Waals surface area contributed by atoms with E-state index in [9.17, 15) is 38.4 Å². The van der Waals surface area contributed by atoms with Gasteiger partial charge in [0.2, 0.25) is 0 Å². The van der Waals surface area contributed by atoms with Gasteiger partial charge in [-0.25, -0.2) is 4.99 Å². The van der Waals surface area contributed by atoms with Crippen LogP contribution >= 0.6 is 36.7 Å². The van der Waals surface area contributed by atoms with Crippen LogP contribution in [0.5, 0.6) is 0 Å². The minimum Gasteiger partial charge on any atom is -0.463 e. The largest absolute Gasteiger partial charge is 0.463 e. The second kappa shape index (κ2) is 27.9. The number of isothiocyanates is 1. The Hall–Kier alpha value is -5.18. The third-order valence-corrected chi connectivity index (χ3v) is 9.20. The maximum absolute atomic E-state index is 12.2. The van der Waals surface area contributed by atoms with Crippen LogP contribution in [0.15, 0.2) is 4.99 Å². The van der Waals surface area contributed by atoms with E-state index < -0.39 is 122 Å². The van der Waals surface area contributed by atoms with Crippen molar-refractivity contribution in [3.63, 3.8) is 0 Å². The van der Waals surface area contributed by atoms with Gasteiger partial charge >= 0.3 is 47.8 Å². The van der Waals surface area contributed by atoms with Crippen LogP contribution in [0.1, 0.15) is 55.4 Å². The molecule has 2 aliphatic heterocycles. The van der Waals surface area contributed by atoms with Crippen LogP contribution in [0.2, 0.25) is 0 Å². The second-order valence-corrected chi connectivity index (χ2v) is 14.9. The van der Waals surface area contributed by atoms with Gasteiger partial charge in [-0.15, -0.1) is 0 Å². The summed E-state index contributed by atoms with van der Waals surface area (Å²) in [5, 5.41) is 14.1. The van der Waals surface area contributed by atoms with Gasteiger partial charge in [0.25, 0.3) is 0 Å². The van der Waals surface area contributed by atoms with Crippen LogP contribution in [0, 0.1) is 0 Å². The standard InChI is InChI=1S/C37H54N6O18S3/c1-18(44)52-15-26-28(54-20(3)46)30(56-22(5)48)32(58-24(7)50)34(60-26)41-36(63)39-10-13-43(12-9-38-17-62)14-11-40-37(64)42-35-33(59-25(8)51)31(57-23(6)49)29(55-21(4)47)27(61-35)16-53-19(2)45/h26-35H,9-16H2,1-8H3,(H2,39,41,63)(H2,40,42,64)/t26-,27-,28-,29-,30+,31+,32+,33+,34+,35+/m1/s1. The van der Waals surface area contributed by atoms with Gasteiger partial charge in [-0.2, -0.15) is 0 Å². The molecule has 4 N–H and O–H groups in total. The van der Waals surface area contributed by atoms with Crippen molar-refractivity contribution in [2.45, 2.75) is 117 Å². The highest BCUT2D eigenvalue weighted by Gasteiger charge is 2.54. The predicted octanol–water partition coefficient (Wildman–Crippen LogP) is -1.51. The third-order valence-electron chi connectivity index (χ3n) is 8.55. The lowest BCUT2D eigenvalue weighted by Gasteiger charge is -2.44. The van der Waals surface area contributed by atoms with Crippen molar-refractivity contribution in [1.29, 1.82) is 0 Å². The molecule has 358 valence electrons. The molecule has 0 aromatic carbocycles. The van der Waals surface area contributed by atoms with Crippen molar-refractivity contribution in [3.8, 4) is 0 Å². The van der Waals surface area contributed by atoms with E-state index in [0.29, 0.717) is 19.6 Å². The first-order valence-corrected chi connectivity index (χ1v) is 20.8. The van der Waals surface area contributed by atoms with Crippen LogP contribution in [-0.4, -0.2) is 182 Å². The van der Waals surface area contributed by atoms with E-state index >= 15 is 0 Å². The Morgan fingerprint density at radius 1 is 0.516 bits per heavy atom. The number of carbonyl (C=O) groups excluding carboxylic acids is 8.